The van der Waals surface area contributed by atoms with Crippen molar-refractivity contribution in [1.29, 1.82) is 0 Å². The molecule has 116 valence electrons. The van der Waals surface area contributed by atoms with Gasteiger partial charge in [0, 0.05) is 22.5 Å². The highest BCUT2D eigenvalue weighted by molar-refractivity contribution is 9.10. The molecule has 1 aromatic heterocycles. The van der Waals surface area contributed by atoms with E-state index in [2.05, 4.69) is 26.2 Å². The number of aromatic nitrogens is 2. The largest absolute Gasteiger partial charge is 0.497 e. The number of carbonyl (C=O) groups is 1. The fraction of sp³-hybridized carbons (Fsp3) is 0.231. The number of nitrogens with zero attached hydrogens (tertiary/aromatic N) is 3. The van der Waals surface area contributed by atoms with E-state index >= 15 is 0 Å². The zero-order chi connectivity index (χ0) is 16.1. The number of methoxy groups -OCH3 is 1. The molecule has 0 atom stereocenters. The Morgan fingerprint density at radius 2 is 2.14 bits per heavy atom. The number of nitrogens with one attached hydrogen (secondary N) is 1. The van der Waals surface area contributed by atoms with Crippen molar-refractivity contribution in [2.24, 2.45) is 0 Å². The maximum Gasteiger partial charge on any atom is 0.382 e. The van der Waals surface area contributed by atoms with Crippen LogP contribution in [0.5, 0.6) is 5.75 Å². The number of halogens is 1. The molecule has 9 heteroatoms. The molecule has 1 heterocycles. The van der Waals surface area contributed by atoms with Crippen LogP contribution in [0.3, 0.4) is 0 Å². The molecule has 0 saturated carbocycles. The van der Waals surface area contributed by atoms with Crippen molar-refractivity contribution >= 4 is 27.7 Å². The van der Waals surface area contributed by atoms with Gasteiger partial charge in [-0.3, -0.25) is 9.36 Å². The lowest BCUT2D eigenvalue weighted by atomic mass is 10.2. The summed E-state index contributed by atoms with van der Waals surface area (Å²) in [7, 11) is 1.58. The van der Waals surface area contributed by atoms with Crippen LogP contribution < -0.4 is 10.1 Å². The lowest BCUT2D eigenvalue weighted by molar-refractivity contribution is -0.389. The third-order valence-corrected chi connectivity index (χ3v) is 3.50. The van der Waals surface area contributed by atoms with E-state index in [0.717, 1.165) is 11.3 Å². The van der Waals surface area contributed by atoms with Crippen molar-refractivity contribution in [3.05, 3.63) is 50.9 Å². The fourth-order valence-corrected chi connectivity index (χ4v) is 2.14. The molecule has 0 unspecified atom stereocenters. The van der Waals surface area contributed by atoms with E-state index in [4.69, 9.17) is 4.74 Å². The summed E-state index contributed by atoms with van der Waals surface area (Å²) >= 11 is 3.08. The number of benzene rings is 1. The normalized spacial score (nSPS) is 10.3. The molecule has 1 aromatic carbocycles. The van der Waals surface area contributed by atoms with Gasteiger partial charge in [-0.15, -0.1) is 0 Å². The predicted octanol–water partition coefficient (Wildman–Crippen LogP) is 1.88. The van der Waals surface area contributed by atoms with Gasteiger partial charge in [-0.1, -0.05) is 12.1 Å². The number of amides is 1. The fourth-order valence-electron chi connectivity index (χ4n) is 1.73. The monoisotopic (exact) mass is 368 g/mol. The second kappa shape index (κ2) is 7.03. The Bertz CT molecular complexity index is 684. The molecule has 22 heavy (non-hydrogen) atoms. The summed E-state index contributed by atoms with van der Waals surface area (Å²) in [5.74, 6) is 0.156. The van der Waals surface area contributed by atoms with Crippen LogP contribution >= 0.6 is 15.9 Å². The maximum absolute atomic E-state index is 11.9. The summed E-state index contributed by atoms with van der Waals surface area (Å²) in [6.45, 7) is 0.300. The first-order chi connectivity index (χ1) is 10.5. The second-order valence-corrected chi connectivity index (χ2v) is 5.09. The van der Waals surface area contributed by atoms with Crippen molar-refractivity contribution in [2.75, 3.05) is 7.11 Å². The lowest BCUT2D eigenvalue weighted by Crippen LogP contribution is -2.26. The van der Waals surface area contributed by atoms with Crippen LogP contribution in [0.1, 0.15) is 5.56 Å². The van der Waals surface area contributed by atoms with Crippen molar-refractivity contribution < 1.29 is 14.5 Å². The number of imidazole rings is 1. The van der Waals surface area contributed by atoms with E-state index in [0.29, 0.717) is 6.54 Å². The van der Waals surface area contributed by atoms with E-state index in [1.807, 2.05) is 12.1 Å². The number of hydrogen-bond donors (Lipinski definition) is 1. The van der Waals surface area contributed by atoms with Crippen molar-refractivity contribution in [1.82, 2.24) is 14.9 Å². The highest BCUT2D eigenvalue weighted by atomic mass is 79.9. The number of ether oxygens (including phenoxy) is 1. The Kier molecular flexibility index (Phi) is 5.10. The van der Waals surface area contributed by atoms with Crippen LogP contribution in [0.15, 0.2) is 35.2 Å². The van der Waals surface area contributed by atoms with Crippen molar-refractivity contribution in [3.63, 3.8) is 0 Å². The van der Waals surface area contributed by atoms with E-state index in [-0.39, 0.29) is 23.0 Å². The Hall–Kier alpha value is -2.42. The third kappa shape index (κ3) is 4.04. The summed E-state index contributed by atoms with van der Waals surface area (Å²) in [5, 5.41) is 13.3. The van der Waals surface area contributed by atoms with E-state index in [1.165, 1.54) is 10.8 Å². The standard InChI is InChI=1S/C13H13BrN4O4/c1-22-10-4-2-9(3-5-10)6-15-12(19)8-17-7-11(18(20)21)16-13(17)14/h2-5,7H,6,8H2,1H3,(H,15,19). The number of carbonyl (C=O) groups excluding carboxylic acids is 1. The van der Waals surface area contributed by atoms with Crippen molar-refractivity contribution in [3.8, 4) is 5.75 Å². The first kappa shape index (κ1) is 16.0. The molecule has 0 bridgehead atoms. The summed E-state index contributed by atoms with van der Waals surface area (Å²) in [5.41, 5.74) is 0.921. The third-order valence-electron chi connectivity index (χ3n) is 2.86. The summed E-state index contributed by atoms with van der Waals surface area (Å²) in [4.78, 5) is 25.6. The molecular weight excluding hydrogens is 356 g/mol. The molecule has 0 saturated heterocycles. The molecule has 1 amide bonds. The van der Waals surface area contributed by atoms with Crippen LogP contribution in [0.4, 0.5) is 5.82 Å². The Balaban J connectivity index is 1.91. The van der Waals surface area contributed by atoms with Gasteiger partial charge in [-0.25, -0.2) is 0 Å². The summed E-state index contributed by atoms with van der Waals surface area (Å²) in [6, 6.07) is 7.29. The molecule has 0 aliphatic heterocycles. The van der Waals surface area contributed by atoms with Gasteiger partial charge in [0.1, 0.15) is 18.5 Å². The molecule has 0 fully saturated rings. The second-order valence-electron chi connectivity index (χ2n) is 4.38. The van der Waals surface area contributed by atoms with Gasteiger partial charge in [0.25, 0.3) is 4.73 Å². The molecule has 0 aliphatic carbocycles. The van der Waals surface area contributed by atoms with Gasteiger partial charge in [-0.05, 0) is 27.6 Å². The average Bonchev–Trinajstić information content (AvgIpc) is 2.87. The van der Waals surface area contributed by atoms with Crippen molar-refractivity contribution in [2.45, 2.75) is 13.1 Å². The number of nitro groups is 1. The van der Waals surface area contributed by atoms with Crippen LogP contribution in [0.25, 0.3) is 0 Å². The lowest BCUT2D eigenvalue weighted by Gasteiger charge is -2.06. The van der Waals surface area contributed by atoms with Gasteiger partial charge in [0.05, 0.1) is 7.11 Å². The van der Waals surface area contributed by atoms with Gasteiger partial charge < -0.3 is 20.2 Å². The molecule has 8 nitrogen and oxygen atoms in total. The Labute approximate surface area is 134 Å². The van der Waals surface area contributed by atoms with Gasteiger partial charge >= 0.3 is 5.82 Å². The molecule has 0 radical (unpaired) electrons. The summed E-state index contributed by atoms with van der Waals surface area (Å²) < 4.78 is 6.65. The van der Waals surface area contributed by atoms with Crippen LogP contribution in [0.2, 0.25) is 0 Å². The van der Waals surface area contributed by atoms with Gasteiger partial charge in [0.15, 0.2) is 0 Å². The highest BCUT2D eigenvalue weighted by Crippen LogP contribution is 2.16. The first-order valence-electron chi connectivity index (χ1n) is 6.26. The highest BCUT2D eigenvalue weighted by Gasteiger charge is 2.17. The van der Waals surface area contributed by atoms with Gasteiger partial charge in [0.2, 0.25) is 5.91 Å². The zero-order valence-corrected chi connectivity index (χ0v) is 13.2. The minimum absolute atomic E-state index is 0.0580. The van der Waals surface area contributed by atoms with Crippen LogP contribution in [-0.2, 0) is 17.9 Å². The topological polar surface area (TPSA) is 99.3 Å². The van der Waals surface area contributed by atoms with Gasteiger partial charge in [-0.2, -0.15) is 0 Å². The van der Waals surface area contributed by atoms with E-state index < -0.39 is 4.92 Å². The Morgan fingerprint density at radius 3 is 2.68 bits per heavy atom. The smallest absolute Gasteiger partial charge is 0.382 e. The Morgan fingerprint density at radius 1 is 1.45 bits per heavy atom. The first-order valence-corrected chi connectivity index (χ1v) is 7.05. The molecule has 2 aromatic rings. The van der Waals surface area contributed by atoms with Crippen LogP contribution in [-0.4, -0.2) is 27.5 Å². The molecule has 2 rings (SSSR count). The quantitative estimate of drug-likeness (QED) is 0.619. The average molecular weight is 369 g/mol. The minimum Gasteiger partial charge on any atom is -0.497 e. The summed E-state index contributed by atoms with van der Waals surface area (Å²) in [6.07, 6.45) is 1.21. The SMILES string of the molecule is COc1ccc(CNC(=O)Cn2cc([N+](=O)[O-])nc2Br)cc1. The molecule has 1 N–H and O–H groups in total. The van der Waals surface area contributed by atoms with Crippen LogP contribution in [0, 0.1) is 10.1 Å². The molecular formula is C13H13BrN4O4. The van der Waals surface area contributed by atoms with E-state index in [9.17, 15) is 14.9 Å². The molecule has 0 aliphatic rings. The zero-order valence-electron chi connectivity index (χ0n) is 11.7. The van der Waals surface area contributed by atoms with E-state index in [1.54, 1.807) is 19.2 Å². The maximum atomic E-state index is 11.9. The molecule has 0 spiro atoms. The number of hydrogen-bond acceptors (Lipinski definition) is 5. The minimum atomic E-state index is -0.615. The number of rotatable bonds is 6. The predicted molar refractivity (Wildman–Crippen MR) is 81.4 cm³/mol.